The summed E-state index contributed by atoms with van der Waals surface area (Å²) < 4.78 is 26.4. The third-order valence-corrected chi connectivity index (χ3v) is 7.16. The second-order valence-electron chi connectivity index (χ2n) is 9.68. The van der Waals surface area contributed by atoms with Crippen molar-refractivity contribution in [1.82, 2.24) is 10.3 Å². The minimum atomic E-state index is -0.927. The van der Waals surface area contributed by atoms with E-state index in [-0.39, 0.29) is 42.1 Å². The van der Waals surface area contributed by atoms with Crippen molar-refractivity contribution in [3.05, 3.63) is 108 Å². The number of carbonyl (C=O) groups excluding carboxylic acids is 1. The smallest absolute Gasteiger partial charge is 0.303 e. The molecule has 0 saturated carbocycles. The molecule has 10 heteroatoms. The Hall–Kier alpha value is -4.28. The molecule has 3 rings (SSSR count). The van der Waals surface area contributed by atoms with Gasteiger partial charge < -0.3 is 25.2 Å². The second-order valence-corrected chi connectivity index (χ2v) is 10.6. The van der Waals surface area contributed by atoms with E-state index in [0.717, 1.165) is 23.6 Å². The van der Waals surface area contributed by atoms with Crippen molar-refractivity contribution in [2.24, 2.45) is 0 Å². The van der Waals surface area contributed by atoms with E-state index in [1.54, 1.807) is 23.7 Å². The molecule has 1 aliphatic rings. The number of nitrogens with one attached hydrogen (secondary N) is 2. The molecule has 0 fully saturated rings. The number of fused-ring (bicyclic) bond motifs is 1. The van der Waals surface area contributed by atoms with Crippen LogP contribution in [0.5, 0.6) is 11.5 Å². The van der Waals surface area contributed by atoms with Crippen LogP contribution in [-0.4, -0.2) is 35.6 Å². The number of halogens is 1. The van der Waals surface area contributed by atoms with Gasteiger partial charge in [0, 0.05) is 48.2 Å². The highest BCUT2D eigenvalue weighted by Gasteiger charge is 2.35. The molecule has 41 heavy (non-hydrogen) atoms. The summed E-state index contributed by atoms with van der Waals surface area (Å²) in [7, 11) is 1.51. The first-order valence-corrected chi connectivity index (χ1v) is 13.7. The minimum absolute atomic E-state index is 0.00321. The molecule has 0 spiro atoms. The van der Waals surface area contributed by atoms with E-state index in [1.165, 1.54) is 24.5 Å². The van der Waals surface area contributed by atoms with E-state index in [2.05, 4.69) is 41.9 Å². The van der Waals surface area contributed by atoms with Crippen LogP contribution in [0.1, 0.15) is 37.3 Å². The fraction of sp³-hybridized carbons (Fsp3) is 0.258. The van der Waals surface area contributed by atoms with Crippen LogP contribution in [0, 0.1) is 0 Å². The van der Waals surface area contributed by atoms with E-state index < -0.39 is 17.3 Å². The van der Waals surface area contributed by atoms with Gasteiger partial charge in [0.2, 0.25) is 5.91 Å². The third kappa shape index (κ3) is 8.60. The highest BCUT2D eigenvalue weighted by Crippen LogP contribution is 2.40. The van der Waals surface area contributed by atoms with Crippen LogP contribution in [0.4, 0.5) is 9.52 Å². The Morgan fingerprint density at radius 1 is 1.22 bits per heavy atom. The molecule has 0 saturated heterocycles. The first-order valence-electron chi connectivity index (χ1n) is 12.8. The molecule has 2 aromatic rings. The number of methoxy groups -OCH3 is 1. The summed E-state index contributed by atoms with van der Waals surface area (Å²) in [4.78, 5) is 27.6. The van der Waals surface area contributed by atoms with Gasteiger partial charge in [0.05, 0.1) is 7.11 Å². The second kappa shape index (κ2) is 13.9. The lowest BCUT2D eigenvalue weighted by Crippen LogP contribution is -2.47. The predicted octanol–water partition coefficient (Wildman–Crippen LogP) is 6.38. The molecule has 0 radical (unpaired) electrons. The molecular weight excluding hydrogens is 545 g/mol. The first kappa shape index (κ1) is 31.3. The van der Waals surface area contributed by atoms with E-state index >= 15 is 0 Å². The van der Waals surface area contributed by atoms with Gasteiger partial charge in [-0.05, 0) is 48.6 Å². The third-order valence-electron chi connectivity index (χ3n) is 6.47. The number of anilines is 1. The number of hydrogen-bond acceptors (Lipinski definition) is 7. The van der Waals surface area contributed by atoms with Crippen molar-refractivity contribution in [2.75, 3.05) is 19.0 Å². The highest BCUT2D eigenvalue weighted by atomic mass is 32.1. The number of ether oxygens (including phenoxy) is 2. The topological polar surface area (TPSA) is 110 Å². The Bertz CT molecular complexity index is 1430. The fourth-order valence-corrected chi connectivity index (χ4v) is 4.83. The molecule has 1 amide bonds. The van der Waals surface area contributed by atoms with E-state index in [4.69, 9.17) is 14.6 Å². The summed E-state index contributed by atoms with van der Waals surface area (Å²) in [5, 5.41) is 17.4. The van der Waals surface area contributed by atoms with Gasteiger partial charge >= 0.3 is 5.97 Å². The molecule has 216 valence electrons. The number of carbonyl (C=O) groups is 2. The average Bonchev–Trinajstić information content (AvgIpc) is 3.42. The number of rotatable bonds is 14. The number of aliphatic carboxylic acids is 1. The molecule has 2 heterocycles. The molecule has 1 atom stereocenters. The van der Waals surface area contributed by atoms with E-state index in [9.17, 15) is 14.0 Å². The molecular formula is C31H34FN3O5S. The zero-order chi connectivity index (χ0) is 30.2. The van der Waals surface area contributed by atoms with Crippen molar-refractivity contribution in [3.63, 3.8) is 0 Å². The quantitative estimate of drug-likeness (QED) is 0.176. The monoisotopic (exact) mass is 579 g/mol. The zero-order valence-electron chi connectivity index (χ0n) is 23.2. The summed E-state index contributed by atoms with van der Waals surface area (Å²) in [6.45, 7) is 17.8. The van der Waals surface area contributed by atoms with Crippen molar-refractivity contribution >= 4 is 28.3 Å². The van der Waals surface area contributed by atoms with Crippen molar-refractivity contribution < 1.29 is 28.6 Å². The molecule has 0 aliphatic carbocycles. The Morgan fingerprint density at radius 3 is 2.63 bits per heavy atom. The molecule has 8 nitrogen and oxygen atoms in total. The maximum absolute atomic E-state index is 15.0. The van der Waals surface area contributed by atoms with Gasteiger partial charge in [-0.25, -0.2) is 9.37 Å². The number of amides is 1. The predicted molar refractivity (Wildman–Crippen MR) is 160 cm³/mol. The number of benzene rings is 1. The number of carboxylic acid groups (broad SMARTS) is 1. The maximum atomic E-state index is 15.0. The van der Waals surface area contributed by atoms with E-state index in [1.807, 2.05) is 13.0 Å². The Labute approximate surface area is 243 Å². The van der Waals surface area contributed by atoms with Crippen molar-refractivity contribution in [3.8, 4) is 11.5 Å². The van der Waals surface area contributed by atoms with Gasteiger partial charge in [0.25, 0.3) is 0 Å². The van der Waals surface area contributed by atoms with Crippen LogP contribution in [0.25, 0.3) is 0 Å². The lowest BCUT2D eigenvalue weighted by atomic mass is 9.81. The summed E-state index contributed by atoms with van der Waals surface area (Å²) in [5.74, 6) is -1.06. The number of aromatic nitrogens is 1. The van der Waals surface area contributed by atoms with Crippen molar-refractivity contribution in [1.29, 1.82) is 0 Å². The molecule has 1 aromatic heterocycles. The molecule has 1 aromatic carbocycles. The number of hydrogen-bond donors (Lipinski definition) is 3. The Kier molecular flexibility index (Phi) is 10.6. The number of nitrogens with zero attached hydrogens (tertiary/aromatic N) is 1. The number of carboxylic acids is 1. The molecule has 1 aliphatic heterocycles. The summed E-state index contributed by atoms with van der Waals surface area (Å²) in [6, 6.07) is 3.64. The SMILES string of the molecule is C=C(/C=C\C(=C)C(=C)/C(F)=C\C(=C)Oc1cc2c(cc1OC)CCN[C@]2(C)CC(=O)Nc1nccs1)CCC(=O)O. The lowest BCUT2D eigenvalue weighted by molar-refractivity contribution is -0.137. The summed E-state index contributed by atoms with van der Waals surface area (Å²) in [6.07, 6.45) is 6.91. The normalized spacial score (nSPS) is 16.5. The Balaban J connectivity index is 1.75. The van der Waals surface area contributed by atoms with Crippen LogP contribution in [0.3, 0.4) is 0 Å². The highest BCUT2D eigenvalue weighted by molar-refractivity contribution is 7.13. The molecule has 3 N–H and O–H groups in total. The fourth-order valence-electron chi connectivity index (χ4n) is 4.28. The van der Waals surface area contributed by atoms with Crippen LogP contribution in [-0.2, 0) is 21.5 Å². The van der Waals surface area contributed by atoms with Gasteiger partial charge in [-0.2, -0.15) is 0 Å². The summed E-state index contributed by atoms with van der Waals surface area (Å²) >= 11 is 1.34. The Morgan fingerprint density at radius 2 is 1.98 bits per heavy atom. The first-order chi connectivity index (χ1) is 19.4. The molecule has 0 unspecified atom stereocenters. The van der Waals surface area contributed by atoms with Gasteiger partial charge in [-0.15, -0.1) is 11.3 Å². The van der Waals surface area contributed by atoms with Crippen molar-refractivity contribution in [2.45, 2.75) is 38.1 Å². The van der Waals surface area contributed by atoms with E-state index in [0.29, 0.717) is 28.7 Å². The largest absolute Gasteiger partial charge is 0.493 e. The molecule has 0 bridgehead atoms. The summed E-state index contributed by atoms with van der Waals surface area (Å²) in [5.41, 5.74) is 2.03. The van der Waals surface area contributed by atoms with Crippen LogP contribution < -0.4 is 20.1 Å². The van der Waals surface area contributed by atoms with Crippen LogP contribution >= 0.6 is 11.3 Å². The lowest BCUT2D eigenvalue weighted by Gasteiger charge is -2.37. The van der Waals surface area contributed by atoms with Crippen LogP contribution in [0.2, 0.25) is 0 Å². The minimum Gasteiger partial charge on any atom is -0.493 e. The van der Waals surface area contributed by atoms with Crippen LogP contribution in [0.15, 0.2) is 96.6 Å². The number of thiazole rings is 1. The average molecular weight is 580 g/mol. The standard InChI is InChI=1S/C31H34FN3O5S/c1-19(8-10-29(37)38)7-9-20(2)22(4)25(32)15-21(3)40-27-17-24-23(16-26(27)39-6)11-12-34-31(24,5)18-28(36)35-30-33-13-14-41-30/h7,9,13-17,34H,1-4,8,10-12,18H2,5-6H3,(H,37,38)(H,33,35,36)/b9-7-,25-15+/t31-/m1/s1. The zero-order valence-corrected chi connectivity index (χ0v) is 24.0. The number of allylic oxidation sites excluding steroid dienone is 7. The van der Waals surface area contributed by atoms with Gasteiger partial charge in [0.1, 0.15) is 11.6 Å². The van der Waals surface area contributed by atoms with Gasteiger partial charge in [-0.1, -0.05) is 44.0 Å². The van der Waals surface area contributed by atoms with Gasteiger partial charge in [0.15, 0.2) is 16.6 Å². The van der Waals surface area contributed by atoms with Gasteiger partial charge in [-0.3, -0.25) is 9.59 Å². The maximum Gasteiger partial charge on any atom is 0.303 e.